The van der Waals surface area contributed by atoms with Crippen molar-refractivity contribution < 1.29 is 5.11 Å². The molecule has 76 valence electrons. The summed E-state index contributed by atoms with van der Waals surface area (Å²) in [4.78, 5) is 0. The van der Waals surface area contributed by atoms with Crippen LogP contribution in [-0.2, 0) is 5.60 Å². The van der Waals surface area contributed by atoms with E-state index in [4.69, 9.17) is 23.2 Å². The monoisotopic (exact) mass is 232 g/mol. The van der Waals surface area contributed by atoms with Gasteiger partial charge in [0, 0.05) is 5.56 Å². The zero-order valence-corrected chi connectivity index (χ0v) is 9.02. The Kier molecular flexibility index (Phi) is 2.64. The molecule has 0 spiro atoms. The maximum atomic E-state index is 10.3. The van der Waals surface area contributed by atoms with Gasteiger partial charge < -0.3 is 5.11 Å². The van der Waals surface area contributed by atoms with Crippen molar-refractivity contribution in [2.45, 2.75) is 31.3 Å². The van der Waals surface area contributed by atoms with Crippen LogP contribution in [0.5, 0.6) is 0 Å². The molecule has 0 atom stereocenters. The van der Waals surface area contributed by atoms with Gasteiger partial charge in [-0.3, -0.25) is 0 Å². The largest absolute Gasteiger partial charge is 0.385 e. The summed E-state index contributed by atoms with van der Waals surface area (Å²) in [5.74, 6) is 0. The fraction of sp³-hybridized carbons (Fsp3) is 0.556. The second-order valence-electron chi connectivity index (χ2n) is 3.61. The Labute approximate surface area is 92.1 Å². The maximum Gasteiger partial charge on any atom is 0.157 e. The van der Waals surface area contributed by atoms with E-state index in [0.717, 1.165) is 25.7 Å². The molecule has 1 saturated carbocycles. The van der Waals surface area contributed by atoms with Crippen LogP contribution >= 0.6 is 23.2 Å². The summed E-state index contributed by atoms with van der Waals surface area (Å²) in [6, 6.07) is 1.60. The van der Waals surface area contributed by atoms with E-state index in [1.54, 1.807) is 6.07 Å². The predicted octanol–water partition coefficient (Wildman–Crippen LogP) is 2.55. The first kappa shape index (κ1) is 10.1. The van der Waals surface area contributed by atoms with Crippen LogP contribution in [0.3, 0.4) is 0 Å². The highest BCUT2D eigenvalue weighted by Gasteiger charge is 2.35. The molecule has 0 bridgehead atoms. The second kappa shape index (κ2) is 3.65. The molecule has 0 saturated heterocycles. The minimum Gasteiger partial charge on any atom is -0.385 e. The molecule has 2 rings (SSSR count). The van der Waals surface area contributed by atoms with Crippen molar-refractivity contribution in [1.82, 2.24) is 10.2 Å². The Hall–Kier alpha value is -0.380. The van der Waals surface area contributed by atoms with Crippen molar-refractivity contribution in [1.29, 1.82) is 0 Å². The summed E-state index contributed by atoms with van der Waals surface area (Å²) in [6.07, 6.45) is 3.45. The highest BCUT2D eigenvalue weighted by atomic mass is 35.5. The Bertz CT molecular complexity index is 351. The normalized spacial score (nSPS) is 19.9. The Morgan fingerprint density at radius 1 is 1.21 bits per heavy atom. The summed E-state index contributed by atoms with van der Waals surface area (Å²) < 4.78 is 0. The summed E-state index contributed by atoms with van der Waals surface area (Å²) in [5.41, 5.74) is -0.243. The number of aromatic nitrogens is 2. The Morgan fingerprint density at radius 2 is 1.86 bits per heavy atom. The SMILES string of the molecule is OC1(c2cc(Cl)nnc2Cl)CCCC1. The lowest BCUT2D eigenvalue weighted by Crippen LogP contribution is -2.22. The van der Waals surface area contributed by atoms with Gasteiger partial charge in [-0.25, -0.2) is 0 Å². The molecular formula is C9H10Cl2N2O. The molecule has 14 heavy (non-hydrogen) atoms. The Morgan fingerprint density at radius 3 is 2.50 bits per heavy atom. The molecule has 0 aromatic carbocycles. The molecule has 1 heterocycles. The maximum absolute atomic E-state index is 10.3. The smallest absolute Gasteiger partial charge is 0.157 e. The summed E-state index contributed by atoms with van der Waals surface area (Å²) >= 11 is 11.6. The van der Waals surface area contributed by atoms with E-state index in [0.29, 0.717) is 5.56 Å². The van der Waals surface area contributed by atoms with Gasteiger partial charge in [0.25, 0.3) is 0 Å². The molecule has 1 aliphatic rings. The lowest BCUT2D eigenvalue weighted by Gasteiger charge is -2.22. The molecular weight excluding hydrogens is 223 g/mol. The van der Waals surface area contributed by atoms with Gasteiger partial charge in [-0.15, -0.1) is 10.2 Å². The number of hydrogen-bond acceptors (Lipinski definition) is 3. The van der Waals surface area contributed by atoms with Crippen LogP contribution < -0.4 is 0 Å². The van der Waals surface area contributed by atoms with E-state index in [9.17, 15) is 5.11 Å². The number of rotatable bonds is 1. The average molecular weight is 233 g/mol. The molecule has 1 aromatic heterocycles. The quantitative estimate of drug-likeness (QED) is 0.810. The third kappa shape index (κ3) is 1.72. The van der Waals surface area contributed by atoms with Crippen LogP contribution in [0.4, 0.5) is 0 Å². The fourth-order valence-electron chi connectivity index (χ4n) is 1.91. The van der Waals surface area contributed by atoms with Gasteiger partial charge in [-0.1, -0.05) is 36.0 Å². The molecule has 0 amide bonds. The molecule has 3 nitrogen and oxygen atoms in total. The molecule has 0 radical (unpaired) electrons. The summed E-state index contributed by atoms with van der Waals surface area (Å²) in [6.45, 7) is 0. The van der Waals surface area contributed by atoms with Gasteiger partial charge in [-0.2, -0.15) is 0 Å². The lowest BCUT2D eigenvalue weighted by molar-refractivity contribution is 0.0441. The number of halogens is 2. The van der Waals surface area contributed by atoms with E-state index in [1.807, 2.05) is 0 Å². The standard InChI is InChI=1S/C9H10Cl2N2O/c10-7-5-6(8(11)13-12-7)9(14)3-1-2-4-9/h5,14H,1-4H2. The van der Waals surface area contributed by atoms with Crippen LogP contribution in [0.1, 0.15) is 31.2 Å². The third-order valence-electron chi connectivity index (χ3n) is 2.65. The highest BCUT2D eigenvalue weighted by molar-refractivity contribution is 6.31. The van der Waals surface area contributed by atoms with Crippen molar-refractivity contribution >= 4 is 23.2 Å². The predicted molar refractivity (Wildman–Crippen MR) is 54.4 cm³/mol. The molecule has 0 aliphatic heterocycles. The van der Waals surface area contributed by atoms with Crippen molar-refractivity contribution in [2.75, 3.05) is 0 Å². The molecule has 1 fully saturated rings. The Balaban J connectivity index is 2.44. The minimum absolute atomic E-state index is 0.249. The summed E-state index contributed by atoms with van der Waals surface area (Å²) in [5, 5.41) is 18.1. The third-order valence-corrected chi connectivity index (χ3v) is 3.11. The molecule has 0 unspecified atom stereocenters. The summed E-state index contributed by atoms with van der Waals surface area (Å²) in [7, 11) is 0. The molecule has 1 aromatic rings. The number of nitrogens with zero attached hydrogens (tertiary/aromatic N) is 2. The molecule has 1 aliphatic carbocycles. The first-order chi connectivity index (χ1) is 6.62. The van der Waals surface area contributed by atoms with E-state index in [1.165, 1.54) is 0 Å². The fourth-order valence-corrected chi connectivity index (χ4v) is 2.32. The zero-order chi connectivity index (χ0) is 10.2. The van der Waals surface area contributed by atoms with Crippen molar-refractivity contribution in [3.05, 3.63) is 21.9 Å². The van der Waals surface area contributed by atoms with Gasteiger partial charge in [0.1, 0.15) is 0 Å². The second-order valence-corrected chi connectivity index (χ2v) is 4.36. The van der Waals surface area contributed by atoms with E-state index in [-0.39, 0.29) is 10.3 Å². The van der Waals surface area contributed by atoms with Crippen LogP contribution in [0, 0.1) is 0 Å². The average Bonchev–Trinajstić information content (AvgIpc) is 2.58. The van der Waals surface area contributed by atoms with Crippen molar-refractivity contribution in [3.8, 4) is 0 Å². The number of aliphatic hydroxyl groups is 1. The first-order valence-electron chi connectivity index (χ1n) is 4.53. The lowest BCUT2D eigenvalue weighted by atomic mass is 9.94. The molecule has 1 N–H and O–H groups in total. The van der Waals surface area contributed by atoms with E-state index >= 15 is 0 Å². The van der Waals surface area contributed by atoms with Gasteiger partial charge in [0.05, 0.1) is 5.60 Å². The van der Waals surface area contributed by atoms with Crippen LogP contribution in [0.2, 0.25) is 10.3 Å². The van der Waals surface area contributed by atoms with Crippen molar-refractivity contribution in [3.63, 3.8) is 0 Å². The zero-order valence-electron chi connectivity index (χ0n) is 7.50. The van der Waals surface area contributed by atoms with Gasteiger partial charge >= 0.3 is 0 Å². The number of hydrogen-bond donors (Lipinski definition) is 1. The van der Waals surface area contributed by atoms with Crippen LogP contribution in [0.25, 0.3) is 0 Å². The van der Waals surface area contributed by atoms with Crippen LogP contribution in [0.15, 0.2) is 6.07 Å². The van der Waals surface area contributed by atoms with Gasteiger partial charge in [0.15, 0.2) is 10.3 Å². The van der Waals surface area contributed by atoms with E-state index < -0.39 is 5.60 Å². The van der Waals surface area contributed by atoms with E-state index in [2.05, 4.69) is 10.2 Å². The highest BCUT2D eigenvalue weighted by Crippen LogP contribution is 2.41. The topological polar surface area (TPSA) is 46.0 Å². The van der Waals surface area contributed by atoms with Gasteiger partial charge in [-0.05, 0) is 18.9 Å². The van der Waals surface area contributed by atoms with Crippen molar-refractivity contribution in [2.24, 2.45) is 0 Å². The molecule has 5 heteroatoms. The minimum atomic E-state index is -0.851. The van der Waals surface area contributed by atoms with Gasteiger partial charge in [0.2, 0.25) is 0 Å². The van der Waals surface area contributed by atoms with Crippen LogP contribution in [-0.4, -0.2) is 15.3 Å². The first-order valence-corrected chi connectivity index (χ1v) is 5.29.